The Labute approximate surface area is 152 Å². The van der Waals surface area contributed by atoms with Crippen LogP contribution in [-0.4, -0.2) is 61.4 Å². The number of halogens is 3. The number of pyridine rings is 1. The lowest BCUT2D eigenvalue weighted by molar-refractivity contribution is 0.106. The van der Waals surface area contributed by atoms with Gasteiger partial charge < -0.3 is 14.4 Å². The predicted molar refractivity (Wildman–Crippen MR) is 93.8 cm³/mol. The minimum atomic E-state index is -1.25. The topological polar surface area (TPSA) is 62.6 Å². The Morgan fingerprint density at radius 1 is 1.22 bits per heavy atom. The Balaban J connectivity index is 2.28. The van der Waals surface area contributed by atoms with E-state index in [-0.39, 0.29) is 17.7 Å². The highest BCUT2D eigenvalue weighted by molar-refractivity contribution is 6.33. The van der Waals surface area contributed by atoms with Crippen molar-refractivity contribution >= 4 is 28.7 Å². The number of fused-ring (bicyclic) bond motifs is 1. The molecule has 0 spiro atoms. The number of likely N-dealkylation sites (N-methyl/N-ethyl adjacent to an activating group) is 1. The number of alkyl halides is 1. The van der Waals surface area contributed by atoms with E-state index < -0.39 is 40.5 Å². The van der Waals surface area contributed by atoms with Gasteiger partial charge in [-0.3, -0.25) is 14.4 Å². The molecule has 3 rings (SSSR count). The van der Waals surface area contributed by atoms with Crippen molar-refractivity contribution in [1.29, 1.82) is 0 Å². The molecule has 143 valence electrons. The average molecular weight is 380 g/mol. The summed E-state index contributed by atoms with van der Waals surface area (Å²) in [7, 11) is 1.89. The average Bonchev–Trinajstić information content (AvgIpc) is 2.65. The van der Waals surface area contributed by atoms with Crippen LogP contribution in [0.15, 0.2) is 17.1 Å². The lowest BCUT2D eigenvalue weighted by atomic mass is 10.1. The molecule has 0 aliphatic carbocycles. The van der Waals surface area contributed by atoms with Gasteiger partial charge >= 0.3 is 0 Å². The first-order valence-electron chi connectivity index (χ1n) is 8.36. The summed E-state index contributed by atoms with van der Waals surface area (Å²) in [5, 5.41) is -0.419. The standard InChI is InChI=1S/C18H17F3N3O3/c1-22-4-6-23(7-5-22)17-13(20)8-11-16(15(17)21)24(3-2-19)9-12(18(11)27)14(26)10-25/h8-9H,2-7H2,1H3. The van der Waals surface area contributed by atoms with Crippen molar-refractivity contribution in [2.45, 2.75) is 6.54 Å². The summed E-state index contributed by atoms with van der Waals surface area (Å²) in [6.07, 6.45) is 1.98. The fourth-order valence-electron chi connectivity index (χ4n) is 3.28. The van der Waals surface area contributed by atoms with Gasteiger partial charge in [0.2, 0.25) is 11.2 Å². The van der Waals surface area contributed by atoms with Crippen molar-refractivity contribution < 1.29 is 22.8 Å². The molecule has 1 radical (unpaired) electrons. The van der Waals surface area contributed by atoms with Gasteiger partial charge in [0.1, 0.15) is 18.2 Å². The fourth-order valence-corrected chi connectivity index (χ4v) is 3.28. The third-order valence-corrected chi connectivity index (χ3v) is 4.71. The Bertz CT molecular complexity index is 966. The number of aryl methyl sites for hydroxylation is 1. The molecule has 0 unspecified atom stereocenters. The smallest absolute Gasteiger partial charge is 0.277 e. The molecular formula is C18H17F3N3O3. The summed E-state index contributed by atoms with van der Waals surface area (Å²) in [6.45, 7) is 0.727. The molecule has 1 saturated heterocycles. The number of anilines is 1. The van der Waals surface area contributed by atoms with Crippen LogP contribution in [0.5, 0.6) is 0 Å². The number of piperazine rings is 1. The summed E-state index contributed by atoms with van der Waals surface area (Å²) in [5.74, 6) is -3.19. The van der Waals surface area contributed by atoms with Gasteiger partial charge in [-0.2, -0.15) is 0 Å². The largest absolute Gasteiger partial charge is 0.364 e. The zero-order chi connectivity index (χ0) is 19.7. The normalized spacial score (nSPS) is 15.3. The van der Waals surface area contributed by atoms with Crippen LogP contribution in [0.4, 0.5) is 18.9 Å². The Morgan fingerprint density at radius 2 is 1.89 bits per heavy atom. The van der Waals surface area contributed by atoms with Gasteiger partial charge in [0.05, 0.1) is 23.0 Å². The Morgan fingerprint density at radius 3 is 2.48 bits per heavy atom. The fraction of sp³-hybridized carbons (Fsp3) is 0.389. The second kappa shape index (κ2) is 7.51. The number of benzene rings is 1. The number of aromatic nitrogens is 1. The van der Waals surface area contributed by atoms with Crippen LogP contribution in [0.2, 0.25) is 0 Å². The first kappa shape index (κ1) is 19.1. The molecule has 6 nitrogen and oxygen atoms in total. The minimum absolute atomic E-state index is 0.288. The van der Waals surface area contributed by atoms with Gasteiger partial charge in [0, 0.05) is 32.4 Å². The Kier molecular flexibility index (Phi) is 5.31. The van der Waals surface area contributed by atoms with Crippen LogP contribution in [0.3, 0.4) is 0 Å². The lowest BCUT2D eigenvalue weighted by Crippen LogP contribution is -2.45. The van der Waals surface area contributed by atoms with E-state index in [2.05, 4.69) is 0 Å². The predicted octanol–water partition coefficient (Wildman–Crippen LogP) is 1.29. The summed E-state index contributed by atoms with van der Waals surface area (Å²) in [5.41, 5.74) is -2.17. The van der Waals surface area contributed by atoms with E-state index in [9.17, 15) is 23.2 Å². The number of carbonyl (C=O) groups is 1. The number of Topliss-reactive ketones (excluding diaryl/α,β-unsaturated/α-hetero) is 1. The van der Waals surface area contributed by atoms with Crippen molar-refractivity contribution in [3.63, 3.8) is 0 Å². The van der Waals surface area contributed by atoms with Gasteiger partial charge in [-0.05, 0) is 13.1 Å². The van der Waals surface area contributed by atoms with E-state index in [4.69, 9.17) is 0 Å². The van der Waals surface area contributed by atoms with Crippen LogP contribution in [0.25, 0.3) is 10.9 Å². The van der Waals surface area contributed by atoms with Gasteiger partial charge in [0.25, 0.3) is 6.29 Å². The third-order valence-electron chi connectivity index (χ3n) is 4.71. The van der Waals surface area contributed by atoms with Crippen molar-refractivity contribution in [3.05, 3.63) is 39.7 Å². The molecule has 1 aromatic carbocycles. The number of rotatable bonds is 5. The number of hydrogen-bond acceptors (Lipinski definition) is 5. The van der Waals surface area contributed by atoms with Crippen molar-refractivity contribution in [2.75, 3.05) is 44.8 Å². The molecule has 1 aliphatic heterocycles. The molecule has 2 aromatic rings. The molecule has 9 heteroatoms. The van der Waals surface area contributed by atoms with Crippen LogP contribution in [0, 0.1) is 11.6 Å². The van der Waals surface area contributed by atoms with E-state index in [0.717, 1.165) is 23.1 Å². The number of ketones is 1. The maximum Gasteiger partial charge on any atom is 0.277 e. The van der Waals surface area contributed by atoms with E-state index in [1.807, 2.05) is 11.9 Å². The van der Waals surface area contributed by atoms with Crippen molar-refractivity contribution in [1.82, 2.24) is 9.47 Å². The quantitative estimate of drug-likeness (QED) is 0.578. The van der Waals surface area contributed by atoms with Crippen LogP contribution in [-0.2, 0) is 11.3 Å². The first-order valence-corrected chi connectivity index (χ1v) is 8.36. The molecular weight excluding hydrogens is 363 g/mol. The highest BCUT2D eigenvalue weighted by Gasteiger charge is 2.26. The summed E-state index contributed by atoms with van der Waals surface area (Å²) < 4.78 is 43.9. The molecule has 0 atom stereocenters. The SMILES string of the molecule is CN1CCN(c2c(F)cc3c(=O)c(C(=O)[C]=O)cn(CCF)c3c2F)CC1. The van der Waals surface area contributed by atoms with Crippen molar-refractivity contribution in [3.8, 4) is 0 Å². The zero-order valence-corrected chi connectivity index (χ0v) is 14.6. The summed E-state index contributed by atoms with van der Waals surface area (Å²) >= 11 is 0. The number of carbonyl (C=O) groups excluding carboxylic acids is 2. The van der Waals surface area contributed by atoms with E-state index in [1.165, 1.54) is 4.90 Å². The Hall–Kier alpha value is -2.68. The number of hydrogen-bond donors (Lipinski definition) is 0. The van der Waals surface area contributed by atoms with Gasteiger partial charge in [-0.1, -0.05) is 0 Å². The van der Waals surface area contributed by atoms with Gasteiger partial charge in [0.15, 0.2) is 5.82 Å². The summed E-state index contributed by atoms with van der Waals surface area (Å²) in [6, 6.07) is 0.838. The molecule has 1 aliphatic rings. The summed E-state index contributed by atoms with van der Waals surface area (Å²) in [4.78, 5) is 38.3. The molecule has 2 heterocycles. The van der Waals surface area contributed by atoms with Crippen molar-refractivity contribution in [2.24, 2.45) is 0 Å². The highest BCUT2D eigenvalue weighted by Crippen LogP contribution is 2.30. The monoisotopic (exact) mass is 380 g/mol. The minimum Gasteiger partial charge on any atom is -0.364 e. The maximum atomic E-state index is 15.3. The second-order valence-electron chi connectivity index (χ2n) is 6.39. The van der Waals surface area contributed by atoms with E-state index >= 15 is 4.39 Å². The lowest BCUT2D eigenvalue weighted by Gasteiger charge is -2.34. The van der Waals surface area contributed by atoms with E-state index in [1.54, 1.807) is 0 Å². The first-order chi connectivity index (χ1) is 12.9. The van der Waals surface area contributed by atoms with Crippen LogP contribution >= 0.6 is 0 Å². The molecule has 1 fully saturated rings. The molecule has 0 amide bonds. The molecule has 1 aromatic heterocycles. The van der Waals surface area contributed by atoms with Gasteiger partial charge in [-0.25, -0.2) is 13.2 Å². The number of nitrogens with zero attached hydrogens (tertiary/aromatic N) is 3. The maximum absolute atomic E-state index is 15.3. The second-order valence-corrected chi connectivity index (χ2v) is 6.39. The molecule has 0 N–H and O–H groups in total. The van der Waals surface area contributed by atoms with Crippen LogP contribution in [0.1, 0.15) is 10.4 Å². The third kappa shape index (κ3) is 3.34. The van der Waals surface area contributed by atoms with Crippen LogP contribution < -0.4 is 10.3 Å². The van der Waals surface area contributed by atoms with E-state index in [0.29, 0.717) is 26.2 Å². The zero-order valence-electron chi connectivity index (χ0n) is 14.6. The molecule has 0 saturated carbocycles. The van der Waals surface area contributed by atoms with Gasteiger partial charge in [-0.15, -0.1) is 0 Å². The highest BCUT2D eigenvalue weighted by atomic mass is 19.1. The molecule has 27 heavy (non-hydrogen) atoms. The molecule has 0 bridgehead atoms.